The maximum Gasteiger partial charge on any atom is 0.243 e. The average Bonchev–Trinajstić information content (AvgIpc) is 2.61. The van der Waals surface area contributed by atoms with E-state index >= 15 is 0 Å². The van der Waals surface area contributed by atoms with E-state index in [0.29, 0.717) is 24.7 Å². The molecule has 0 heterocycles. The predicted octanol–water partition coefficient (Wildman–Crippen LogP) is 3.70. The van der Waals surface area contributed by atoms with E-state index in [0.717, 1.165) is 11.4 Å². The van der Waals surface area contributed by atoms with Crippen LogP contribution in [0.25, 0.3) is 0 Å². The van der Waals surface area contributed by atoms with Crippen LogP contribution in [0.3, 0.4) is 0 Å². The molecule has 0 bridgehead atoms. The molecule has 0 unspecified atom stereocenters. The molecule has 0 aliphatic rings. The summed E-state index contributed by atoms with van der Waals surface area (Å²) >= 11 is 0. The summed E-state index contributed by atoms with van der Waals surface area (Å²) in [6.07, 6.45) is 1.66. The number of ether oxygens (including phenoxy) is 2. The Morgan fingerprint density at radius 1 is 1.12 bits per heavy atom. The van der Waals surface area contributed by atoms with Crippen LogP contribution in [0.15, 0.2) is 61.2 Å². The Morgan fingerprint density at radius 2 is 1.88 bits per heavy atom. The van der Waals surface area contributed by atoms with Gasteiger partial charge in [0.2, 0.25) is 5.91 Å². The van der Waals surface area contributed by atoms with E-state index in [4.69, 9.17) is 9.47 Å². The minimum Gasteiger partial charge on any atom is -0.494 e. The van der Waals surface area contributed by atoms with Gasteiger partial charge in [-0.25, -0.2) is 0 Å². The van der Waals surface area contributed by atoms with Gasteiger partial charge in [0.15, 0.2) is 0 Å². The second-order valence-electron chi connectivity index (χ2n) is 4.95. The summed E-state index contributed by atoms with van der Waals surface area (Å²) in [6.45, 7) is 6.72. The molecule has 0 aromatic heterocycles. The number of hydrogen-bond donors (Lipinski definition) is 2. The van der Waals surface area contributed by atoms with Crippen LogP contribution in [0.2, 0.25) is 0 Å². The molecule has 0 fully saturated rings. The third-order valence-electron chi connectivity index (χ3n) is 3.14. The van der Waals surface area contributed by atoms with Gasteiger partial charge in [-0.3, -0.25) is 4.79 Å². The standard InChI is InChI=1S/C19H22N2O3/c1-3-13-24-18-8-6-5-7-17(18)21-19(22)14-20-15-9-11-16(12-10-15)23-4-2/h3,5-12,20H,1,4,13-14H2,2H3,(H,21,22). The van der Waals surface area contributed by atoms with Gasteiger partial charge in [-0.15, -0.1) is 0 Å². The molecule has 0 saturated carbocycles. The lowest BCUT2D eigenvalue weighted by atomic mass is 10.3. The molecule has 1 amide bonds. The number of anilines is 2. The highest BCUT2D eigenvalue weighted by molar-refractivity contribution is 5.95. The second-order valence-corrected chi connectivity index (χ2v) is 4.95. The number of carbonyl (C=O) groups is 1. The van der Waals surface area contributed by atoms with E-state index in [-0.39, 0.29) is 12.5 Å². The number of carbonyl (C=O) groups excluding carboxylic acids is 1. The van der Waals surface area contributed by atoms with Crippen LogP contribution in [0.1, 0.15) is 6.92 Å². The van der Waals surface area contributed by atoms with E-state index in [2.05, 4.69) is 17.2 Å². The normalized spacial score (nSPS) is 9.88. The molecular formula is C19H22N2O3. The van der Waals surface area contributed by atoms with E-state index in [1.165, 1.54) is 0 Å². The first kappa shape index (κ1) is 17.4. The summed E-state index contributed by atoms with van der Waals surface area (Å²) in [5.74, 6) is 1.27. The van der Waals surface area contributed by atoms with E-state index in [1.807, 2.05) is 43.3 Å². The van der Waals surface area contributed by atoms with Crippen LogP contribution in [-0.2, 0) is 4.79 Å². The quantitative estimate of drug-likeness (QED) is 0.690. The molecular weight excluding hydrogens is 304 g/mol. The largest absolute Gasteiger partial charge is 0.494 e. The molecule has 5 nitrogen and oxygen atoms in total. The molecule has 2 rings (SSSR count). The highest BCUT2D eigenvalue weighted by Gasteiger charge is 2.07. The zero-order chi connectivity index (χ0) is 17.2. The van der Waals surface area contributed by atoms with E-state index in [9.17, 15) is 4.79 Å². The minimum absolute atomic E-state index is 0.154. The van der Waals surface area contributed by atoms with Gasteiger partial charge in [-0.2, -0.15) is 0 Å². The molecule has 5 heteroatoms. The third kappa shape index (κ3) is 5.35. The Labute approximate surface area is 142 Å². The Balaban J connectivity index is 1.88. The molecule has 2 N–H and O–H groups in total. The average molecular weight is 326 g/mol. The lowest BCUT2D eigenvalue weighted by Crippen LogP contribution is -2.22. The molecule has 24 heavy (non-hydrogen) atoms. The highest BCUT2D eigenvalue weighted by Crippen LogP contribution is 2.23. The zero-order valence-corrected chi connectivity index (χ0v) is 13.7. The van der Waals surface area contributed by atoms with Gasteiger partial charge >= 0.3 is 0 Å². The van der Waals surface area contributed by atoms with Crippen molar-refractivity contribution in [1.29, 1.82) is 0 Å². The first-order valence-corrected chi connectivity index (χ1v) is 7.82. The Bertz CT molecular complexity index is 669. The van der Waals surface area contributed by atoms with Gasteiger partial charge in [-0.05, 0) is 43.3 Å². The summed E-state index contributed by atoms with van der Waals surface area (Å²) in [6, 6.07) is 14.8. The van der Waals surface area contributed by atoms with Gasteiger partial charge in [0.05, 0.1) is 18.8 Å². The molecule has 126 valence electrons. The predicted molar refractivity (Wildman–Crippen MR) is 96.9 cm³/mol. The van der Waals surface area contributed by atoms with Crippen molar-refractivity contribution < 1.29 is 14.3 Å². The third-order valence-corrected chi connectivity index (χ3v) is 3.14. The number of nitrogens with one attached hydrogen (secondary N) is 2. The lowest BCUT2D eigenvalue weighted by Gasteiger charge is -2.12. The van der Waals surface area contributed by atoms with Gasteiger partial charge in [0.1, 0.15) is 18.1 Å². The minimum atomic E-state index is -0.154. The summed E-state index contributed by atoms with van der Waals surface area (Å²) in [4.78, 5) is 12.1. The molecule has 0 atom stereocenters. The molecule has 0 radical (unpaired) electrons. The number of rotatable bonds is 9. The topological polar surface area (TPSA) is 59.6 Å². The summed E-state index contributed by atoms with van der Waals surface area (Å²) in [5.41, 5.74) is 1.49. The fourth-order valence-electron chi connectivity index (χ4n) is 2.06. The van der Waals surface area contributed by atoms with Crippen LogP contribution in [0.5, 0.6) is 11.5 Å². The van der Waals surface area contributed by atoms with Gasteiger partial charge in [-0.1, -0.05) is 24.8 Å². The van der Waals surface area contributed by atoms with Gasteiger partial charge in [0, 0.05) is 5.69 Å². The van der Waals surface area contributed by atoms with Crippen molar-refractivity contribution in [2.24, 2.45) is 0 Å². The maximum absolute atomic E-state index is 12.1. The van der Waals surface area contributed by atoms with E-state index in [1.54, 1.807) is 18.2 Å². The molecule has 2 aromatic rings. The monoisotopic (exact) mass is 326 g/mol. The molecule has 0 spiro atoms. The molecule has 0 saturated heterocycles. The Kier molecular flexibility index (Phi) is 6.71. The lowest BCUT2D eigenvalue weighted by molar-refractivity contribution is -0.114. The first-order valence-electron chi connectivity index (χ1n) is 7.82. The zero-order valence-electron chi connectivity index (χ0n) is 13.7. The molecule has 2 aromatic carbocycles. The summed E-state index contributed by atoms with van der Waals surface area (Å²) in [7, 11) is 0. The first-order chi connectivity index (χ1) is 11.7. The smallest absolute Gasteiger partial charge is 0.243 e. The van der Waals surface area contributed by atoms with Crippen LogP contribution in [0, 0.1) is 0 Å². The van der Waals surface area contributed by atoms with Crippen LogP contribution >= 0.6 is 0 Å². The van der Waals surface area contributed by atoms with Crippen molar-refractivity contribution in [2.75, 3.05) is 30.4 Å². The molecule has 0 aliphatic carbocycles. The molecule has 0 aliphatic heterocycles. The van der Waals surface area contributed by atoms with Crippen molar-refractivity contribution in [3.63, 3.8) is 0 Å². The maximum atomic E-state index is 12.1. The fraction of sp³-hybridized carbons (Fsp3) is 0.211. The summed E-state index contributed by atoms with van der Waals surface area (Å²) in [5, 5.41) is 5.91. The SMILES string of the molecule is C=CCOc1ccccc1NC(=O)CNc1ccc(OCC)cc1. The number of benzene rings is 2. The summed E-state index contributed by atoms with van der Waals surface area (Å²) < 4.78 is 10.9. The van der Waals surface area contributed by atoms with Crippen molar-refractivity contribution in [3.8, 4) is 11.5 Å². The van der Waals surface area contributed by atoms with Gasteiger partial charge in [0.25, 0.3) is 0 Å². The van der Waals surface area contributed by atoms with E-state index < -0.39 is 0 Å². The Hall–Kier alpha value is -2.95. The van der Waals surface area contributed by atoms with Crippen LogP contribution in [0.4, 0.5) is 11.4 Å². The van der Waals surface area contributed by atoms with Crippen molar-refractivity contribution in [2.45, 2.75) is 6.92 Å². The number of para-hydroxylation sites is 2. The van der Waals surface area contributed by atoms with Crippen molar-refractivity contribution in [3.05, 3.63) is 61.2 Å². The van der Waals surface area contributed by atoms with Gasteiger partial charge < -0.3 is 20.1 Å². The highest BCUT2D eigenvalue weighted by atomic mass is 16.5. The second kappa shape index (κ2) is 9.25. The number of hydrogen-bond acceptors (Lipinski definition) is 4. The van der Waals surface area contributed by atoms with Crippen LogP contribution < -0.4 is 20.1 Å². The fourth-order valence-corrected chi connectivity index (χ4v) is 2.06. The van der Waals surface area contributed by atoms with Crippen molar-refractivity contribution >= 4 is 17.3 Å². The van der Waals surface area contributed by atoms with Crippen molar-refractivity contribution in [1.82, 2.24) is 0 Å². The van der Waals surface area contributed by atoms with Crippen LogP contribution in [-0.4, -0.2) is 25.7 Å². The number of amides is 1. The Morgan fingerprint density at radius 3 is 2.58 bits per heavy atom.